The summed E-state index contributed by atoms with van der Waals surface area (Å²) in [5, 5.41) is 0. The van der Waals surface area contributed by atoms with Gasteiger partial charge in [0.15, 0.2) is 0 Å². The molecule has 0 saturated carbocycles. The zero-order valence-electron chi connectivity index (χ0n) is 9.62. The summed E-state index contributed by atoms with van der Waals surface area (Å²) in [5.74, 6) is 5.54. The van der Waals surface area contributed by atoms with Gasteiger partial charge < -0.3 is 4.74 Å². The lowest BCUT2D eigenvalue weighted by Crippen LogP contribution is -2.36. The number of ether oxygens (including phenoxy) is 1. The van der Waals surface area contributed by atoms with Crippen molar-refractivity contribution in [2.75, 3.05) is 6.61 Å². The van der Waals surface area contributed by atoms with Crippen molar-refractivity contribution in [3.05, 3.63) is 34.1 Å². The molecule has 1 saturated heterocycles. The van der Waals surface area contributed by atoms with Gasteiger partial charge in [-0.1, -0.05) is 15.9 Å². The lowest BCUT2D eigenvalue weighted by Gasteiger charge is -2.26. The van der Waals surface area contributed by atoms with Crippen molar-refractivity contribution >= 4 is 15.9 Å². The second-order valence-electron chi connectivity index (χ2n) is 4.34. The number of benzene rings is 1. The molecule has 2 rings (SSSR count). The highest BCUT2D eigenvalue weighted by Gasteiger charge is 2.33. The Morgan fingerprint density at radius 2 is 2.35 bits per heavy atom. The monoisotopic (exact) mass is 302 g/mol. The maximum atomic E-state index is 13.8. The van der Waals surface area contributed by atoms with Gasteiger partial charge in [-0.15, -0.1) is 0 Å². The van der Waals surface area contributed by atoms with Gasteiger partial charge in [0, 0.05) is 22.6 Å². The van der Waals surface area contributed by atoms with Crippen LogP contribution in [0.15, 0.2) is 22.7 Å². The van der Waals surface area contributed by atoms with Crippen LogP contribution in [0.5, 0.6) is 0 Å². The fourth-order valence-electron chi connectivity index (χ4n) is 2.38. The maximum absolute atomic E-state index is 13.8. The predicted octanol–water partition coefficient (Wildman–Crippen LogP) is 2.52. The van der Waals surface area contributed by atoms with Crippen molar-refractivity contribution in [1.29, 1.82) is 0 Å². The minimum Gasteiger partial charge on any atom is -0.378 e. The smallest absolute Gasteiger partial charge is 0.128 e. The molecule has 3 nitrogen and oxygen atoms in total. The fourth-order valence-corrected chi connectivity index (χ4v) is 2.76. The van der Waals surface area contributed by atoms with Gasteiger partial charge in [0.2, 0.25) is 0 Å². The molecule has 1 aromatic carbocycles. The molecule has 0 spiro atoms. The molecule has 94 valence electrons. The summed E-state index contributed by atoms with van der Waals surface area (Å²) in [6.45, 7) is 2.71. The highest BCUT2D eigenvalue weighted by molar-refractivity contribution is 9.10. The molecule has 5 heteroatoms. The van der Waals surface area contributed by atoms with Gasteiger partial charge in [-0.25, -0.2) is 4.39 Å². The molecule has 0 bridgehead atoms. The number of rotatable bonds is 3. The lowest BCUT2D eigenvalue weighted by molar-refractivity contribution is 0.0949. The van der Waals surface area contributed by atoms with Crippen LogP contribution in [0.4, 0.5) is 4.39 Å². The van der Waals surface area contributed by atoms with Crippen LogP contribution in [0.1, 0.15) is 24.9 Å². The summed E-state index contributed by atoms with van der Waals surface area (Å²) in [7, 11) is 0. The van der Waals surface area contributed by atoms with E-state index in [1.807, 2.05) is 6.92 Å². The van der Waals surface area contributed by atoms with Crippen molar-refractivity contribution in [1.82, 2.24) is 5.43 Å². The third-order valence-corrected chi connectivity index (χ3v) is 3.83. The van der Waals surface area contributed by atoms with Crippen molar-refractivity contribution in [3.63, 3.8) is 0 Å². The van der Waals surface area contributed by atoms with Crippen LogP contribution in [0.2, 0.25) is 0 Å². The molecule has 3 N–H and O–H groups in total. The van der Waals surface area contributed by atoms with Gasteiger partial charge in [-0.3, -0.25) is 11.3 Å². The van der Waals surface area contributed by atoms with Gasteiger partial charge in [0.05, 0.1) is 12.1 Å². The Morgan fingerprint density at radius 3 is 2.94 bits per heavy atom. The number of nitrogens with two attached hydrogens (primary N) is 1. The molecule has 1 heterocycles. The summed E-state index contributed by atoms with van der Waals surface area (Å²) in [5.41, 5.74) is 3.31. The molecule has 0 amide bonds. The number of halogens is 2. The van der Waals surface area contributed by atoms with Crippen LogP contribution in [0.25, 0.3) is 0 Å². The molecule has 3 atom stereocenters. The van der Waals surface area contributed by atoms with Crippen LogP contribution >= 0.6 is 15.9 Å². The molecule has 1 aromatic rings. The number of hydrogen-bond acceptors (Lipinski definition) is 3. The van der Waals surface area contributed by atoms with E-state index in [2.05, 4.69) is 21.4 Å². The van der Waals surface area contributed by atoms with Crippen LogP contribution < -0.4 is 11.3 Å². The van der Waals surface area contributed by atoms with E-state index in [1.54, 1.807) is 12.1 Å². The first kappa shape index (κ1) is 13.0. The second-order valence-corrected chi connectivity index (χ2v) is 5.25. The number of nitrogens with one attached hydrogen (secondary N) is 1. The number of hydrogen-bond donors (Lipinski definition) is 2. The van der Waals surface area contributed by atoms with E-state index in [-0.39, 0.29) is 23.9 Å². The van der Waals surface area contributed by atoms with Gasteiger partial charge in [0.1, 0.15) is 5.82 Å². The highest BCUT2D eigenvalue weighted by atomic mass is 79.9. The molecule has 1 aliphatic rings. The topological polar surface area (TPSA) is 47.3 Å². The van der Waals surface area contributed by atoms with Gasteiger partial charge in [-0.05, 0) is 31.5 Å². The Balaban J connectivity index is 2.31. The van der Waals surface area contributed by atoms with Crippen molar-refractivity contribution in [2.45, 2.75) is 25.5 Å². The maximum Gasteiger partial charge on any atom is 0.128 e. The largest absolute Gasteiger partial charge is 0.378 e. The van der Waals surface area contributed by atoms with Crippen molar-refractivity contribution < 1.29 is 9.13 Å². The average molecular weight is 303 g/mol. The Bertz CT molecular complexity index is 402. The molecule has 1 aliphatic heterocycles. The van der Waals surface area contributed by atoms with E-state index in [9.17, 15) is 4.39 Å². The molecule has 0 radical (unpaired) electrons. The molecule has 0 aromatic heterocycles. The van der Waals surface area contributed by atoms with E-state index in [0.29, 0.717) is 12.2 Å². The lowest BCUT2D eigenvalue weighted by atomic mass is 9.88. The summed E-state index contributed by atoms with van der Waals surface area (Å²) < 4.78 is 20.2. The average Bonchev–Trinajstić information content (AvgIpc) is 2.71. The first-order valence-electron chi connectivity index (χ1n) is 5.66. The Kier molecular flexibility index (Phi) is 4.14. The minimum absolute atomic E-state index is 0.0921. The van der Waals surface area contributed by atoms with E-state index < -0.39 is 0 Å². The first-order chi connectivity index (χ1) is 8.13. The zero-order valence-corrected chi connectivity index (χ0v) is 11.2. The van der Waals surface area contributed by atoms with E-state index in [1.165, 1.54) is 6.07 Å². The standard InChI is InChI=1S/C12H16BrFN2O/c1-7-9(4-5-17-7)12(16-15)10-6-8(13)2-3-11(10)14/h2-3,6-7,9,12,16H,4-5,15H2,1H3. The Morgan fingerprint density at radius 1 is 1.59 bits per heavy atom. The summed E-state index contributed by atoms with van der Waals surface area (Å²) in [6, 6.07) is 4.68. The van der Waals surface area contributed by atoms with E-state index in [4.69, 9.17) is 10.6 Å². The van der Waals surface area contributed by atoms with Crippen molar-refractivity contribution in [2.24, 2.45) is 11.8 Å². The molecule has 3 unspecified atom stereocenters. The third-order valence-electron chi connectivity index (χ3n) is 3.34. The number of hydrazine groups is 1. The van der Waals surface area contributed by atoms with Gasteiger partial charge in [-0.2, -0.15) is 0 Å². The van der Waals surface area contributed by atoms with Crippen LogP contribution in [-0.2, 0) is 4.74 Å². The Labute approximate surface area is 109 Å². The quantitative estimate of drug-likeness (QED) is 0.666. The van der Waals surface area contributed by atoms with Crippen LogP contribution in [-0.4, -0.2) is 12.7 Å². The normalized spacial score (nSPS) is 26.1. The second kappa shape index (κ2) is 5.44. The summed E-state index contributed by atoms with van der Waals surface area (Å²) in [6.07, 6.45) is 0.983. The Hall–Kier alpha value is -0.490. The van der Waals surface area contributed by atoms with Crippen LogP contribution in [0.3, 0.4) is 0 Å². The molecular weight excluding hydrogens is 287 g/mol. The van der Waals surface area contributed by atoms with Crippen molar-refractivity contribution in [3.8, 4) is 0 Å². The zero-order chi connectivity index (χ0) is 12.4. The van der Waals surface area contributed by atoms with Gasteiger partial charge in [0.25, 0.3) is 0 Å². The molecular formula is C12H16BrFN2O. The molecule has 0 aliphatic carbocycles. The predicted molar refractivity (Wildman–Crippen MR) is 67.7 cm³/mol. The van der Waals surface area contributed by atoms with E-state index in [0.717, 1.165) is 10.9 Å². The van der Waals surface area contributed by atoms with Gasteiger partial charge >= 0.3 is 0 Å². The van der Waals surface area contributed by atoms with Crippen LogP contribution in [0, 0.1) is 11.7 Å². The first-order valence-corrected chi connectivity index (χ1v) is 6.45. The highest BCUT2D eigenvalue weighted by Crippen LogP contribution is 2.34. The summed E-state index contributed by atoms with van der Waals surface area (Å²) >= 11 is 3.35. The third kappa shape index (κ3) is 2.68. The fraction of sp³-hybridized carbons (Fsp3) is 0.500. The SMILES string of the molecule is CC1OCCC1C(NN)c1cc(Br)ccc1F. The molecule has 17 heavy (non-hydrogen) atoms. The summed E-state index contributed by atoms with van der Waals surface area (Å²) in [4.78, 5) is 0. The molecule has 1 fully saturated rings. The minimum atomic E-state index is -0.241. The van der Waals surface area contributed by atoms with E-state index >= 15 is 0 Å².